The third-order valence-corrected chi connectivity index (χ3v) is 4.69. The molecular weight excluding hydrogens is 410 g/mol. The number of furan rings is 1. The first-order chi connectivity index (χ1) is 14.6. The molecule has 12 heteroatoms. The molecule has 3 heterocycles. The molecule has 0 aliphatic heterocycles. The molecule has 0 aliphatic rings. The number of carbonyl (C=O) groups is 2. The largest absolute Gasteiger partial charge is 0.459 e. The van der Waals surface area contributed by atoms with Crippen LogP contribution in [0, 0.1) is 0 Å². The van der Waals surface area contributed by atoms with Crippen molar-refractivity contribution in [2.75, 3.05) is 11.1 Å². The van der Waals surface area contributed by atoms with Crippen LogP contribution in [0.15, 0.2) is 62.8 Å². The van der Waals surface area contributed by atoms with Gasteiger partial charge in [0.25, 0.3) is 17.0 Å². The number of benzene rings is 1. The van der Waals surface area contributed by atoms with Gasteiger partial charge in [-0.2, -0.15) is 0 Å². The molecule has 0 saturated carbocycles. The van der Waals surface area contributed by atoms with Crippen molar-refractivity contribution < 1.29 is 18.4 Å². The molecule has 0 radical (unpaired) electrons. The summed E-state index contributed by atoms with van der Waals surface area (Å²) in [6.07, 6.45) is 1.49. The van der Waals surface area contributed by atoms with Gasteiger partial charge in [-0.3, -0.25) is 9.59 Å². The van der Waals surface area contributed by atoms with Gasteiger partial charge >= 0.3 is 0 Å². The van der Waals surface area contributed by atoms with Gasteiger partial charge < -0.3 is 19.9 Å². The van der Waals surface area contributed by atoms with Crippen LogP contribution in [0.2, 0.25) is 0 Å². The fourth-order valence-electron chi connectivity index (χ4n) is 2.53. The summed E-state index contributed by atoms with van der Waals surface area (Å²) < 4.78 is 12.0. The number of thioether (sulfide) groups is 1. The summed E-state index contributed by atoms with van der Waals surface area (Å²) in [5, 5.41) is 18.3. The molecule has 0 fully saturated rings. The lowest BCUT2D eigenvalue weighted by Crippen LogP contribution is -2.21. The molecule has 4 rings (SSSR count). The lowest BCUT2D eigenvalue weighted by atomic mass is 10.2. The van der Waals surface area contributed by atoms with Crippen LogP contribution in [0.25, 0.3) is 11.7 Å². The van der Waals surface area contributed by atoms with E-state index in [9.17, 15) is 9.59 Å². The molecule has 2 amide bonds. The molecular formula is C18H15N7O4S. The van der Waals surface area contributed by atoms with Gasteiger partial charge in [-0.05, 0) is 17.7 Å². The van der Waals surface area contributed by atoms with Crippen LogP contribution < -0.4 is 11.1 Å². The Kier molecular flexibility index (Phi) is 5.57. The Morgan fingerprint density at radius 3 is 2.67 bits per heavy atom. The van der Waals surface area contributed by atoms with E-state index in [0.717, 1.165) is 17.3 Å². The van der Waals surface area contributed by atoms with Gasteiger partial charge in [0, 0.05) is 0 Å². The van der Waals surface area contributed by atoms with Gasteiger partial charge in [-0.25, -0.2) is 4.68 Å². The Morgan fingerprint density at radius 2 is 1.93 bits per heavy atom. The standard InChI is InChI=1S/C18H15N7O4S/c19-15(27)14-16(25(24-21-14)9-11-5-2-1-3-6-11)20-13(26)10-30-18-23-22-17(29-18)12-7-4-8-28-12/h1-8H,9-10H2,(H2,19,27)(H,20,26). The molecule has 0 unspecified atom stereocenters. The van der Waals surface area contributed by atoms with Gasteiger partial charge in [0.05, 0.1) is 18.6 Å². The number of aromatic nitrogens is 5. The third-order valence-electron chi connectivity index (χ3n) is 3.87. The van der Waals surface area contributed by atoms with E-state index in [1.54, 1.807) is 12.1 Å². The first-order valence-electron chi connectivity index (χ1n) is 8.67. The van der Waals surface area contributed by atoms with Gasteiger partial charge in [-0.1, -0.05) is 47.3 Å². The Hall–Kier alpha value is -3.93. The second-order valence-corrected chi connectivity index (χ2v) is 6.91. The zero-order valence-corrected chi connectivity index (χ0v) is 16.2. The minimum atomic E-state index is -0.794. The van der Waals surface area contributed by atoms with Crippen molar-refractivity contribution in [2.24, 2.45) is 5.73 Å². The highest BCUT2D eigenvalue weighted by Crippen LogP contribution is 2.23. The maximum atomic E-state index is 12.4. The van der Waals surface area contributed by atoms with Crippen LogP contribution in [0.1, 0.15) is 16.1 Å². The van der Waals surface area contributed by atoms with Crippen LogP contribution >= 0.6 is 11.8 Å². The molecule has 1 aromatic carbocycles. The SMILES string of the molecule is NC(=O)c1nnn(Cc2ccccc2)c1NC(=O)CSc1nnc(-c2ccco2)o1. The molecule has 0 aliphatic carbocycles. The first-order valence-corrected chi connectivity index (χ1v) is 9.66. The minimum Gasteiger partial charge on any atom is -0.459 e. The lowest BCUT2D eigenvalue weighted by molar-refractivity contribution is -0.113. The number of amides is 2. The fraction of sp³-hybridized carbons (Fsp3) is 0.111. The first kappa shape index (κ1) is 19.4. The van der Waals surface area contributed by atoms with E-state index in [1.165, 1.54) is 10.9 Å². The summed E-state index contributed by atoms with van der Waals surface area (Å²) in [7, 11) is 0. The number of nitrogens with one attached hydrogen (secondary N) is 1. The van der Waals surface area contributed by atoms with Crippen molar-refractivity contribution in [3.05, 3.63) is 60.0 Å². The van der Waals surface area contributed by atoms with Gasteiger partial charge in [0.1, 0.15) is 0 Å². The van der Waals surface area contributed by atoms with Crippen LogP contribution in [0.3, 0.4) is 0 Å². The summed E-state index contributed by atoms with van der Waals surface area (Å²) in [5.74, 6) is -0.494. The van der Waals surface area contributed by atoms with E-state index in [4.69, 9.17) is 14.6 Å². The molecule has 30 heavy (non-hydrogen) atoms. The lowest BCUT2D eigenvalue weighted by Gasteiger charge is -2.08. The van der Waals surface area contributed by atoms with Gasteiger partial charge in [0.15, 0.2) is 17.3 Å². The second-order valence-electron chi connectivity index (χ2n) is 5.98. The maximum Gasteiger partial charge on any atom is 0.284 e. The molecule has 0 bridgehead atoms. The molecule has 0 atom stereocenters. The molecule has 3 aromatic heterocycles. The molecule has 0 saturated heterocycles. The predicted molar refractivity (Wildman–Crippen MR) is 105 cm³/mol. The highest BCUT2D eigenvalue weighted by molar-refractivity contribution is 7.99. The van der Waals surface area contributed by atoms with Crippen molar-refractivity contribution in [1.29, 1.82) is 0 Å². The highest BCUT2D eigenvalue weighted by Gasteiger charge is 2.20. The number of anilines is 1. The van der Waals surface area contributed by atoms with E-state index in [2.05, 4.69) is 25.8 Å². The van der Waals surface area contributed by atoms with Crippen molar-refractivity contribution >= 4 is 29.4 Å². The Labute approximate surface area is 173 Å². The zero-order chi connectivity index (χ0) is 20.9. The summed E-state index contributed by atoms with van der Waals surface area (Å²) >= 11 is 1.03. The smallest absolute Gasteiger partial charge is 0.284 e. The van der Waals surface area contributed by atoms with Crippen molar-refractivity contribution in [1.82, 2.24) is 25.2 Å². The average molecular weight is 425 g/mol. The Bertz CT molecular complexity index is 1150. The summed E-state index contributed by atoms with van der Waals surface area (Å²) in [6.45, 7) is 0.306. The van der Waals surface area contributed by atoms with E-state index < -0.39 is 11.8 Å². The normalized spacial score (nSPS) is 10.8. The van der Waals surface area contributed by atoms with E-state index in [-0.39, 0.29) is 28.4 Å². The fourth-order valence-corrected chi connectivity index (χ4v) is 3.10. The van der Waals surface area contributed by atoms with Gasteiger partial charge in [0.2, 0.25) is 5.91 Å². The van der Waals surface area contributed by atoms with Crippen molar-refractivity contribution in [3.63, 3.8) is 0 Å². The maximum absolute atomic E-state index is 12.4. The zero-order valence-electron chi connectivity index (χ0n) is 15.4. The average Bonchev–Trinajstić information content (AvgIpc) is 3.49. The second kappa shape index (κ2) is 8.61. The number of primary amides is 1. The summed E-state index contributed by atoms with van der Waals surface area (Å²) in [4.78, 5) is 24.1. The predicted octanol–water partition coefficient (Wildman–Crippen LogP) is 1.80. The van der Waals surface area contributed by atoms with Crippen LogP contribution in [0.4, 0.5) is 5.82 Å². The van der Waals surface area contributed by atoms with Crippen molar-refractivity contribution in [3.8, 4) is 11.7 Å². The Morgan fingerprint density at radius 1 is 1.10 bits per heavy atom. The number of hydrogen-bond donors (Lipinski definition) is 2. The van der Waals surface area contributed by atoms with E-state index >= 15 is 0 Å². The molecule has 4 aromatic rings. The summed E-state index contributed by atoms with van der Waals surface area (Å²) in [5.41, 5.74) is 6.15. The van der Waals surface area contributed by atoms with Crippen LogP contribution in [0.5, 0.6) is 0 Å². The molecule has 11 nitrogen and oxygen atoms in total. The number of carbonyl (C=O) groups excluding carboxylic acids is 2. The molecule has 0 spiro atoms. The van der Waals surface area contributed by atoms with E-state index in [1.807, 2.05) is 30.3 Å². The number of hydrogen-bond acceptors (Lipinski definition) is 9. The summed E-state index contributed by atoms with van der Waals surface area (Å²) in [6, 6.07) is 12.8. The number of rotatable bonds is 8. The third kappa shape index (κ3) is 4.38. The quantitative estimate of drug-likeness (QED) is 0.402. The van der Waals surface area contributed by atoms with Crippen molar-refractivity contribution in [2.45, 2.75) is 11.8 Å². The molecule has 152 valence electrons. The highest BCUT2D eigenvalue weighted by atomic mass is 32.2. The van der Waals surface area contributed by atoms with E-state index in [0.29, 0.717) is 12.3 Å². The topological polar surface area (TPSA) is 155 Å². The minimum absolute atomic E-state index is 0.0471. The Balaban J connectivity index is 1.43. The molecule has 3 N–H and O–H groups in total. The number of nitrogens with two attached hydrogens (primary N) is 1. The van der Waals surface area contributed by atoms with Gasteiger partial charge in [-0.15, -0.1) is 15.3 Å². The van der Waals surface area contributed by atoms with Crippen LogP contribution in [-0.2, 0) is 11.3 Å². The number of nitrogens with zero attached hydrogens (tertiary/aromatic N) is 5. The monoisotopic (exact) mass is 425 g/mol. The van der Waals surface area contributed by atoms with Crippen LogP contribution in [-0.4, -0.2) is 42.8 Å².